The second kappa shape index (κ2) is 8.67. The standard InChI is InChI=1S/C23H28N2O3S/c26-23(24-22-14-6-11-19-10-4-5-13-21(19)22)20-12-7-15-25(16-20)29(27,28)17-18-8-2-1-3-9-18/h1-5,8-10,13,20,22H,6-7,11-12,14-17H2,(H,24,26)/t20-,22-/m0/s1. The Hall–Kier alpha value is -2.18. The molecule has 1 heterocycles. The molecule has 1 amide bonds. The van der Waals surface area contributed by atoms with Gasteiger partial charge in [0, 0.05) is 13.1 Å². The lowest BCUT2D eigenvalue weighted by Crippen LogP contribution is -2.46. The fraction of sp³-hybridized carbons (Fsp3) is 0.435. The lowest BCUT2D eigenvalue weighted by Gasteiger charge is -2.33. The molecule has 154 valence electrons. The smallest absolute Gasteiger partial charge is 0.224 e. The zero-order valence-electron chi connectivity index (χ0n) is 16.6. The summed E-state index contributed by atoms with van der Waals surface area (Å²) in [6, 6.07) is 17.5. The summed E-state index contributed by atoms with van der Waals surface area (Å²) in [4.78, 5) is 13.0. The molecule has 0 radical (unpaired) electrons. The van der Waals surface area contributed by atoms with Crippen LogP contribution >= 0.6 is 0 Å². The fourth-order valence-electron chi connectivity index (χ4n) is 4.48. The van der Waals surface area contributed by atoms with Crippen LogP contribution in [0.2, 0.25) is 0 Å². The van der Waals surface area contributed by atoms with E-state index in [4.69, 9.17) is 0 Å². The number of sulfonamides is 1. The van der Waals surface area contributed by atoms with Crippen molar-refractivity contribution in [3.63, 3.8) is 0 Å². The highest BCUT2D eigenvalue weighted by Gasteiger charge is 2.33. The van der Waals surface area contributed by atoms with E-state index in [1.54, 1.807) is 0 Å². The summed E-state index contributed by atoms with van der Waals surface area (Å²) in [7, 11) is -3.43. The maximum atomic E-state index is 13.0. The molecule has 0 aromatic heterocycles. The van der Waals surface area contributed by atoms with E-state index in [-0.39, 0.29) is 30.2 Å². The maximum absolute atomic E-state index is 13.0. The molecule has 1 saturated heterocycles. The number of hydrogen-bond acceptors (Lipinski definition) is 3. The first-order valence-electron chi connectivity index (χ1n) is 10.4. The van der Waals surface area contributed by atoms with Gasteiger partial charge in [0.15, 0.2) is 0 Å². The first kappa shape index (κ1) is 20.1. The number of carbonyl (C=O) groups is 1. The topological polar surface area (TPSA) is 66.5 Å². The van der Waals surface area contributed by atoms with E-state index in [2.05, 4.69) is 17.4 Å². The third kappa shape index (κ3) is 4.70. The maximum Gasteiger partial charge on any atom is 0.224 e. The van der Waals surface area contributed by atoms with Gasteiger partial charge >= 0.3 is 0 Å². The van der Waals surface area contributed by atoms with E-state index in [9.17, 15) is 13.2 Å². The summed E-state index contributed by atoms with van der Waals surface area (Å²) >= 11 is 0. The number of nitrogens with zero attached hydrogens (tertiary/aromatic N) is 1. The molecular formula is C23H28N2O3S. The Labute approximate surface area is 173 Å². The van der Waals surface area contributed by atoms with Crippen LogP contribution in [-0.4, -0.2) is 31.7 Å². The van der Waals surface area contributed by atoms with Crippen LogP contribution in [-0.2, 0) is 27.0 Å². The molecular weight excluding hydrogens is 384 g/mol. The van der Waals surface area contributed by atoms with Crippen LogP contribution in [0.5, 0.6) is 0 Å². The predicted molar refractivity (Wildman–Crippen MR) is 114 cm³/mol. The Balaban J connectivity index is 1.41. The van der Waals surface area contributed by atoms with Crippen molar-refractivity contribution < 1.29 is 13.2 Å². The predicted octanol–water partition coefficient (Wildman–Crippen LogP) is 3.42. The van der Waals surface area contributed by atoms with Gasteiger partial charge in [0.25, 0.3) is 0 Å². The van der Waals surface area contributed by atoms with Crippen molar-refractivity contribution >= 4 is 15.9 Å². The molecule has 0 unspecified atom stereocenters. The normalized spacial score (nSPS) is 22.6. The van der Waals surface area contributed by atoms with Gasteiger partial charge in [-0.25, -0.2) is 12.7 Å². The molecule has 1 N–H and O–H groups in total. The summed E-state index contributed by atoms with van der Waals surface area (Å²) in [5.41, 5.74) is 3.29. The average molecular weight is 413 g/mol. The summed E-state index contributed by atoms with van der Waals surface area (Å²) in [5, 5.41) is 3.21. The van der Waals surface area contributed by atoms with Crippen LogP contribution in [0, 0.1) is 5.92 Å². The number of fused-ring (bicyclic) bond motifs is 1. The molecule has 29 heavy (non-hydrogen) atoms. The number of benzene rings is 2. The average Bonchev–Trinajstić information content (AvgIpc) is 2.74. The highest BCUT2D eigenvalue weighted by molar-refractivity contribution is 7.88. The Bertz CT molecular complexity index is 959. The lowest BCUT2D eigenvalue weighted by molar-refractivity contribution is -0.127. The van der Waals surface area contributed by atoms with E-state index in [1.165, 1.54) is 15.4 Å². The van der Waals surface area contributed by atoms with E-state index in [0.717, 1.165) is 31.2 Å². The number of aryl methyl sites for hydroxylation is 1. The Morgan fingerprint density at radius 2 is 1.76 bits per heavy atom. The van der Waals surface area contributed by atoms with Gasteiger partial charge in [-0.2, -0.15) is 0 Å². The fourth-order valence-corrected chi connectivity index (χ4v) is 6.09. The molecule has 5 nitrogen and oxygen atoms in total. The van der Waals surface area contributed by atoms with Crippen molar-refractivity contribution in [2.45, 2.75) is 43.9 Å². The molecule has 2 aromatic carbocycles. The van der Waals surface area contributed by atoms with Gasteiger partial charge in [-0.05, 0) is 48.8 Å². The molecule has 1 fully saturated rings. The largest absolute Gasteiger partial charge is 0.349 e. The Morgan fingerprint density at radius 3 is 2.59 bits per heavy atom. The molecule has 6 heteroatoms. The Morgan fingerprint density at radius 1 is 1.00 bits per heavy atom. The molecule has 0 saturated carbocycles. The van der Waals surface area contributed by atoms with Crippen LogP contribution < -0.4 is 5.32 Å². The second-order valence-electron chi connectivity index (χ2n) is 8.09. The van der Waals surface area contributed by atoms with Crippen LogP contribution in [0.3, 0.4) is 0 Å². The van der Waals surface area contributed by atoms with Gasteiger partial charge in [-0.15, -0.1) is 0 Å². The molecule has 0 bridgehead atoms. The van der Waals surface area contributed by atoms with Gasteiger partial charge < -0.3 is 5.32 Å². The molecule has 2 aliphatic rings. The molecule has 1 aliphatic carbocycles. The van der Waals surface area contributed by atoms with E-state index < -0.39 is 10.0 Å². The minimum atomic E-state index is -3.43. The number of piperidine rings is 1. The molecule has 4 rings (SSSR count). The van der Waals surface area contributed by atoms with Crippen molar-refractivity contribution in [1.82, 2.24) is 9.62 Å². The molecule has 2 aromatic rings. The van der Waals surface area contributed by atoms with E-state index >= 15 is 0 Å². The van der Waals surface area contributed by atoms with Crippen molar-refractivity contribution in [1.29, 1.82) is 0 Å². The third-order valence-corrected chi connectivity index (χ3v) is 7.84. The van der Waals surface area contributed by atoms with Crippen molar-refractivity contribution in [3.8, 4) is 0 Å². The van der Waals surface area contributed by atoms with Gasteiger partial charge in [0.05, 0.1) is 17.7 Å². The molecule has 0 spiro atoms. The number of nitrogens with one attached hydrogen (secondary N) is 1. The monoisotopic (exact) mass is 412 g/mol. The third-order valence-electron chi connectivity index (χ3n) is 6.03. The minimum Gasteiger partial charge on any atom is -0.349 e. The summed E-state index contributed by atoms with van der Waals surface area (Å²) < 4.78 is 27.2. The summed E-state index contributed by atoms with van der Waals surface area (Å²) in [6.45, 7) is 0.764. The van der Waals surface area contributed by atoms with Crippen LogP contribution in [0.15, 0.2) is 54.6 Å². The number of hydrogen-bond donors (Lipinski definition) is 1. The number of amides is 1. The van der Waals surface area contributed by atoms with Gasteiger partial charge in [0.2, 0.25) is 15.9 Å². The van der Waals surface area contributed by atoms with E-state index in [0.29, 0.717) is 13.0 Å². The highest BCUT2D eigenvalue weighted by atomic mass is 32.2. The summed E-state index contributed by atoms with van der Waals surface area (Å²) in [6.07, 6.45) is 4.50. The lowest BCUT2D eigenvalue weighted by atomic mass is 9.87. The zero-order chi connectivity index (χ0) is 20.3. The van der Waals surface area contributed by atoms with Crippen LogP contribution in [0.25, 0.3) is 0 Å². The number of rotatable bonds is 5. The highest BCUT2D eigenvalue weighted by Crippen LogP contribution is 2.30. The van der Waals surface area contributed by atoms with Crippen molar-refractivity contribution in [2.24, 2.45) is 5.92 Å². The van der Waals surface area contributed by atoms with Crippen molar-refractivity contribution in [3.05, 3.63) is 71.3 Å². The van der Waals surface area contributed by atoms with Gasteiger partial charge in [0.1, 0.15) is 0 Å². The molecule has 1 aliphatic heterocycles. The quantitative estimate of drug-likeness (QED) is 0.818. The van der Waals surface area contributed by atoms with Crippen molar-refractivity contribution in [2.75, 3.05) is 13.1 Å². The van der Waals surface area contributed by atoms with Crippen LogP contribution in [0.1, 0.15) is 48.4 Å². The SMILES string of the molecule is O=C(N[C@H]1CCCc2ccccc21)[C@H]1CCCN(S(=O)(=O)Cc2ccccc2)C1. The zero-order valence-corrected chi connectivity index (χ0v) is 17.4. The van der Waals surface area contributed by atoms with Gasteiger partial charge in [-0.3, -0.25) is 4.79 Å². The first-order valence-corrected chi connectivity index (χ1v) is 12.0. The first-order chi connectivity index (χ1) is 14.0. The van der Waals surface area contributed by atoms with Crippen LogP contribution in [0.4, 0.5) is 0 Å². The van der Waals surface area contributed by atoms with Gasteiger partial charge in [-0.1, -0.05) is 54.6 Å². The number of carbonyl (C=O) groups excluding carboxylic acids is 1. The summed E-state index contributed by atoms with van der Waals surface area (Å²) in [5.74, 6) is -0.326. The van der Waals surface area contributed by atoms with E-state index in [1.807, 2.05) is 42.5 Å². The second-order valence-corrected chi connectivity index (χ2v) is 10.1. The minimum absolute atomic E-state index is 0.0157. The molecule has 2 atom stereocenters. The Kier molecular flexibility index (Phi) is 6.01.